The van der Waals surface area contributed by atoms with Gasteiger partial charge in [-0.15, -0.1) is 0 Å². The largest absolute Gasteiger partial charge is 0.394 e. The molecule has 12 N–H and O–H groups in total. The quantitative estimate of drug-likeness (QED) is 0.0201. The summed E-state index contributed by atoms with van der Waals surface area (Å²) < 4.78 is 34.3. The molecular weight excluding hydrogens is 1110 g/mol. The van der Waals surface area contributed by atoms with Gasteiger partial charge in [0, 0.05) is 6.42 Å². The van der Waals surface area contributed by atoms with Gasteiger partial charge >= 0.3 is 0 Å². The number of unbranched alkanes of at least 4 members (excludes halogenated alkanes) is 32. The molecule has 0 radical (unpaired) electrons. The van der Waals surface area contributed by atoms with E-state index in [9.17, 15) is 61.0 Å². The summed E-state index contributed by atoms with van der Waals surface area (Å²) in [4.78, 5) is 13.4. The molecule has 17 atom stereocenters. The van der Waals surface area contributed by atoms with Crippen LogP contribution in [0.15, 0.2) is 36.5 Å². The van der Waals surface area contributed by atoms with E-state index in [1.54, 1.807) is 6.08 Å². The minimum atomic E-state index is -1.98. The van der Waals surface area contributed by atoms with Gasteiger partial charge < -0.3 is 89.9 Å². The normalized spacial score (nSPS) is 29.0. The van der Waals surface area contributed by atoms with Gasteiger partial charge in [-0.2, -0.15) is 0 Å². The Kier molecular flexibility index (Phi) is 45.2. The van der Waals surface area contributed by atoms with E-state index in [4.69, 9.17) is 28.4 Å². The lowest BCUT2D eigenvalue weighted by atomic mass is 9.96. The molecule has 3 aliphatic rings. The molecule has 0 aliphatic carbocycles. The topological polar surface area (TPSA) is 307 Å². The van der Waals surface area contributed by atoms with E-state index >= 15 is 0 Å². The molecule has 0 saturated carbocycles. The highest BCUT2D eigenvalue weighted by molar-refractivity contribution is 5.76. The van der Waals surface area contributed by atoms with Crippen molar-refractivity contribution in [3.8, 4) is 0 Å². The summed E-state index contributed by atoms with van der Waals surface area (Å²) in [6, 6.07) is -0.994. The molecule has 3 fully saturated rings. The average Bonchev–Trinajstić information content (AvgIpc) is 2.22. The summed E-state index contributed by atoms with van der Waals surface area (Å²) in [5.41, 5.74) is 0. The lowest BCUT2D eigenvalue weighted by Gasteiger charge is -2.48. The molecule has 1 amide bonds. The second kappa shape index (κ2) is 49.7. The third kappa shape index (κ3) is 31.8. The number of allylic oxidation sites excluding steroid dienone is 5. The van der Waals surface area contributed by atoms with Crippen LogP contribution in [0.5, 0.6) is 0 Å². The zero-order chi connectivity index (χ0) is 62.6. The first-order valence-corrected chi connectivity index (χ1v) is 34.2. The molecule has 19 heteroatoms. The number of hydrogen-bond acceptors (Lipinski definition) is 18. The number of hydrogen-bond donors (Lipinski definition) is 12. The number of nitrogens with one attached hydrogen (secondary N) is 1. The third-order valence-electron chi connectivity index (χ3n) is 17.2. The Balaban J connectivity index is 1.47. The van der Waals surface area contributed by atoms with E-state index in [0.29, 0.717) is 12.8 Å². The predicted octanol–water partition coefficient (Wildman–Crippen LogP) is 8.44. The highest BCUT2D eigenvalue weighted by Crippen LogP contribution is 2.33. The Labute approximate surface area is 517 Å². The van der Waals surface area contributed by atoms with E-state index in [1.807, 2.05) is 6.08 Å². The van der Waals surface area contributed by atoms with Crippen molar-refractivity contribution < 1.29 is 89.4 Å². The maximum atomic E-state index is 13.4. The van der Waals surface area contributed by atoms with Crippen molar-refractivity contribution >= 4 is 5.91 Å². The Morgan fingerprint density at radius 3 is 1.16 bits per heavy atom. The van der Waals surface area contributed by atoms with Crippen molar-refractivity contribution in [1.29, 1.82) is 0 Å². The van der Waals surface area contributed by atoms with Crippen LogP contribution in [-0.4, -0.2) is 193 Å². The first kappa shape index (κ1) is 78.3. The van der Waals surface area contributed by atoms with Crippen molar-refractivity contribution in [2.45, 2.75) is 356 Å². The van der Waals surface area contributed by atoms with Crippen LogP contribution in [0, 0.1) is 0 Å². The number of amides is 1. The van der Waals surface area contributed by atoms with Gasteiger partial charge in [0.15, 0.2) is 18.9 Å². The fraction of sp³-hybridized carbons (Fsp3) is 0.896. The molecule has 17 unspecified atom stereocenters. The van der Waals surface area contributed by atoms with Crippen LogP contribution in [0.2, 0.25) is 0 Å². The van der Waals surface area contributed by atoms with Crippen LogP contribution < -0.4 is 5.32 Å². The monoisotopic (exact) mass is 1230 g/mol. The van der Waals surface area contributed by atoms with Crippen LogP contribution in [0.1, 0.15) is 251 Å². The lowest BCUT2D eigenvalue weighted by Crippen LogP contribution is -2.66. The SMILES string of the molecule is CCCCCCCCCCCC/C=C/CC/C=C/CC/C=C/C(O)C(COC1OC(CO)C(OC2OC(CO)C(OC3OC(CO)C(O)C(O)C3O)C(O)C2O)C(O)C1O)NC(=O)CCCCCCCCCCCCCCCCCCCCCCC. The standard InChI is InChI=1S/C67H123NO18/c1-3-5-7-9-11-13-15-17-19-21-23-25-27-29-31-33-35-37-39-41-43-45-55(73)68-50(51(72)44-42-40-38-36-34-32-30-28-26-24-22-20-18-16-14-12-10-8-6-4-2)49-81-65-61(79)58(76)63(53(47-70)83-65)86-67-62(80)59(77)64(54(48-71)84-67)85-66-60(78)57(75)56(74)52(46-69)82-66/h26,28,34,36,42,44,50-54,56-67,69-72,74-80H,3-25,27,29-33,35,37-41,43,45-49H2,1-2H3,(H,68,73)/b28-26+,36-34+,44-42+. The van der Waals surface area contributed by atoms with Crippen molar-refractivity contribution in [3.63, 3.8) is 0 Å². The van der Waals surface area contributed by atoms with Gasteiger partial charge in [0.05, 0.1) is 38.6 Å². The van der Waals surface area contributed by atoms with Gasteiger partial charge in [-0.05, 0) is 44.9 Å². The molecule has 504 valence electrons. The number of ether oxygens (including phenoxy) is 6. The first-order chi connectivity index (χ1) is 41.8. The fourth-order valence-electron chi connectivity index (χ4n) is 11.6. The summed E-state index contributed by atoms with van der Waals surface area (Å²) >= 11 is 0. The first-order valence-electron chi connectivity index (χ1n) is 34.2. The number of aliphatic hydroxyl groups excluding tert-OH is 11. The summed E-state index contributed by atoms with van der Waals surface area (Å²) in [7, 11) is 0. The number of rotatable bonds is 52. The van der Waals surface area contributed by atoms with Crippen LogP contribution in [0.25, 0.3) is 0 Å². The van der Waals surface area contributed by atoms with Crippen LogP contribution in [-0.2, 0) is 33.2 Å². The molecule has 0 aromatic carbocycles. The molecular formula is C67H123NO18. The van der Waals surface area contributed by atoms with Crippen molar-refractivity contribution in [2.75, 3.05) is 26.4 Å². The third-order valence-corrected chi connectivity index (χ3v) is 17.2. The van der Waals surface area contributed by atoms with Gasteiger partial charge in [-0.25, -0.2) is 0 Å². The van der Waals surface area contributed by atoms with Crippen LogP contribution >= 0.6 is 0 Å². The Morgan fingerprint density at radius 2 is 0.744 bits per heavy atom. The van der Waals surface area contributed by atoms with Gasteiger partial charge in [-0.1, -0.05) is 237 Å². The molecule has 0 spiro atoms. The maximum Gasteiger partial charge on any atom is 0.220 e. The van der Waals surface area contributed by atoms with Crippen LogP contribution in [0.3, 0.4) is 0 Å². The molecule has 0 aromatic heterocycles. The van der Waals surface area contributed by atoms with E-state index in [-0.39, 0.29) is 18.9 Å². The number of carbonyl (C=O) groups excluding carboxylic acids is 1. The molecule has 86 heavy (non-hydrogen) atoms. The van der Waals surface area contributed by atoms with Gasteiger partial charge in [0.25, 0.3) is 0 Å². The second-order valence-electron chi connectivity index (χ2n) is 24.6. The summed E-state index contributed by atoms with van der Waals surface area (Å²) in [5.74, 6) is -0.286. The van der Waals surface area contributed by atoms with E-state index in [0.717, 1.165) is 44.9 Å². The van der Waals surface area contributed by atoms with Crippen molar-refractivity contribution in [1.82, 2.24) is 5.32 Å². The Bertz CT molecular complexity index is 1710. The second-order valence-corrected chi connectivity index (χ2v) is 24.6. The van der Waals surface area contributed by atoms with Gasteiger partial charge in [0.1, 0.15) is 73.2 Å². The predicted molar refractivity (Wildman–Crippen MR) is 333 cm³/mol. The van der Waals surface area contributed by atoms with E-state index < -0.39 is 124 Å². The molecule has 3 saturated heterocycles. The number of aliphatic hydroxyl groups is 11. The van der Waals surface area contributed by atoms with Crippen molar-refractivity contribution in [2.24, 2.45) is 0 Å². The highest BCUT2D eigenvalue weighted by Gasteiger charge is 2.53. The molecule has 3 aliphatic heterocycles. The number of carbonyl (C=O) groups is 1. The van der Waals surface area contributed by atoms with E-state index in [1.165, 1.54) is 173 Å². The summed E-state index contributed by atoms with van der Waals surface area (Å²) in [6.45, 7) is 1.73. The molecule has 3 heterocycles. The van der Waals surface area contributed by atoms with Gasteiger partial charge in [-0.3, -0.25) is 4.79 Å². The summed E-state index contributed by atoms with van der Waals surface area (Å²) in [6.07, 6.45) is 29.8. The minimum absolute atomic E-state index is 0.236. The fourth-order valence-corrected chi connectivity index (χ4v) is 11.6. The minimum Gasteiger partial charge on any atom is -0.394 e. The average molecular weight is 1230 g/mol. The zero-order valence-electron chi connectivity index (χ0n) is 53.0. The molecule has 19 nitrogen and oxygen atoms in total. The highest BCUT2D eigenvalue weighted by atomic mass is 16.8. The van der Waals surface area contributed by atoms with Crippen LogP contribution in [0.4, 0.5) is 0 Å². The Morgan fingerprint density at radius 1 is 0.407 bits per heavy atom. The van der Waals surface area contributed by atoms with Crippen molar-refractivity contribution in [3.05, 3.63) is 36.5 Å². The maximum absolute atomic E-state index is 13.4. The smallest absolute Gasteiger partial charge is 0.220 e. The van der Waals surface area contributed by atoms with E-state index in [2.05, 4.69) is 43.5 Å². The summed E-state index contributed by atoms with van der Waals surface area (Å²) in [5, 5.41) is 120. The van der Waals surface area contributed by atoms with Gasteiger partial charge in [0.2, 0.25) is 5.91 Å². The zero-order valence-corrected chi connectivity index (χ0v) is 53.0. The Hall–Kier alpha value is -1.99. The molecule has 3 rings (SSSR count). The molecule has 0 bridgehead atoms. The molecule has 0 aromatic rings. The lowest BCUT2D eigenvalue weighted by molar-refractivity contribution is -0.379.